The van der Waals surface area contributed by atoms with Gasteiger partial charge < -0.3 is 15.5 Å². The van der Waals surface area contributed by atoms with Crippen LogP contribution in [0.5, 0.6) is 0 Å². The maximum atomic E-state index is 13.0. The molecule has 2 fully saturated rings. The third kappa shape index (κ3) is 4.11. The lowest BCUT2D eigenvalue weighted by Crippen LogP contribution is -2.55. The van der Waals surface area contributed by atoms with E-state index in [1.54, 1.807) is 0 Å². The van der Waals surface area contributed by atoms with Crippen molar-refractivity contribution in [1.82, 2.24) is 15.5 Å². The molecule has 25 heavy (non-hydrogen) atoms. The number of halogens is 1. The van der Waals surface area contributed by atoms with E-state index in [4.69, 9.17) is 0 Å². The predicted octanol–water partition coefficient (Wildman–Crippen LogP) is 2.92. The minimum atomic E-state index is -0.352. The number of hydrogen-bond acceptors (Lipinski definition) is 2. The molecule has 1 aromatic rings. The number of nitrogens with zero attached hydrogens (tertiary/aromatic N) is 1. The zero-order chi connectivity index (χ0) is 18.0. The molecular weight excluding hydrogens is 321 g/mol. The van der Waals surface area contributed by atoms with Gasteiger partial charge in [-0.1, -0.05) is 13.8 Å². The summed E-state index contributed by atoms with van der Waals surface area (Å²) in [5, 5.41) is 6.05. The molecule has 0 radical (unpaired) electrons. The molecule has 2 N–H and O–H groups in total. The second-order valence-electron chi connectivity index (χ2n) is 7.52. The van der Waals surface area contributed by atoms with E-state index in [2.05, 4.69) is 24.5 Å². The minimum absolute atomic E-state index is 0.0181. The van der Waals surface area contributed by atoms with Crippen molar-refractivity contribution >= 4 is 11.9 Å². The number of benzene rings is 1. The summed E-state index contributed by atoms with van der Waals surface area (Å²) in [6, 6.07) is 6.02. The lowest BCUT2D eigenvalue weighted by molar-refractivity contribution is 0.0884. The molecule has 5 nitrogen and oxygen atoms in total. The topological polar surface area (TPSA) is 61.4 Å². The number of carbonyl (C=O) groups is 2. The second kappa shape index (κ2) is 7.42. The number of piperidine rings is 1. The number of rotatable bonds is 4. The van der Waals surface area contributed by atoms with Gasteiger partial charge in [-0.3, -0.25) is 4.79 Å². The standard InChI is InChI=1S/C19H26FN3O2/c1-12(2)11-21-19(25)23-16-7-8-17(23)10-15(9-16)22-18(24)13-3-5-14(20)6-4-13/h3-6,12,15-17H,7-11H2,1-2H3,(H,21,25)(H,22,24)/t15?,16-,17+. The Labute approximate surface area is 148 Å². The fourth-order valence-electron chi connectivity index (χ4n) is 3.88. The Morgan fingerprint density at radius 3 is 2.32 bits per heavy atom. The molecule has 0 saturated carbocycles. The molecular formula is C19H26FN3O2. The number of urea groups is 1. The van der Waals surface area contributed by atoms with E-state index >= 15 is 0 Å². The van der Waals surface area contributed by atoms with Gasteiger partial charge in [0, 0.05) is 30.2 Å². The average Bonchev–Trinajstić information content (AvgIpc) is 2.84. The van der Waals surface area contributed by atoms with Crippen molar-refractivity contribution in [3.63, 3.8) is 0 Å². The van der Waals surface area contributed by atoms with Crippen LogP contribution >= 0.6 is 0 Å². The van der Waals surface area contributed by atoms with Gasteiger partial charge in [0.15, 0.2) is 0 Å². The highest BCUT2D eigenvalue weighted by Crippen LogP contribution is 2.35. The molecule has 2 aliphatic rings. The molecule has 2 bridgehead atoms. The van der Waals surface area contributed by atoms with Crippen molar-refractivity contribution in [2.75, 3.05) is 6.54 Å². The lowest BCUT2D eigenvalue weighted by atomic mass is 9.97. The largest absolute Gasteiger partial charge is 0.349 e. The van der Waals surface area contributed by atoms with E-state index in [0.29, 0.717) is 18.0 Å². The summed E-state index contributed by atoms with van der Waals surface area (Å²) < 4.78 is 13.0. The number of carbonyl (C=O) groups excluding carboxylic acids is 2. The van der Waals surface area contributed by atoms with Crippen molar-refractivity contribution in [3.8, 4) is 0 Å². The zero-order valence-corrected chi connectivity index (χ0v) is 14.8. The first-order valence-corrected chi connectivity index (χ1v) is 9.06. The highest BCUT2D eigenvalue weighted by Gasteiger charge is 2.43. The Hall–Kier alpha value is -2.11. The Morgan fingerprint density at radius 1 is 1.16 bits per heavy atom. The van der Waals surface area contributed by atoms with Gasteiger partial charge in [-0.15, -0.1) is 0 Å². The normalized spacial score (nSPS) is 25.1. The highest BCUT2D eigenvalue weighted by molar-refractivity contribution is 5.94. The SMILES string of the molecule is CC(C)CNC(=O)N1[C@@H]2CC[C@H]1CC(NC(=O)c1ccc(F)cc1)C2. The van der Waals surface area contributed by atoms with E-state index in [9.17, 15) is 14.0 Å². The van der Waals surface area contributed by atoms with E-state index < -0.39 is 0 Å². The van der Waals surface area contributed by atoms with Crippen LogP contribution in [0.15, 0.2) is 24.3 Å². The van der Waals surface area contributed by atoms with Crippen LogP contribution < -0.4 is 10.6 Å². The number of hydrogen-bond donors (Lipinski definition) is 2. The predicted molar refractivity (Wildman–Crippen MR) is 93.8 cm³/mol. The Bertz CT molecular complexity index is 618. The van der Waals surface area contributed by atoms with Crippen molar-refractivity contribution in [1.29, 1.82) is 0 Å². The molecule has 0 aliphatic carbocycles. The van der Waals surface area contributed by atoms with Crippen LogP contribution in [0.1, 0.15) is 49.9 Å². The van der Waals surface area contributed by atoms with Crippen LogP contribution in [0, 0.1) is 11.7 Å². The summed E-state index contributed by atoms with van der Waals surface area (Å²) in [6.07, 6.45) is 3.53. The maximum absolute atomic E-state index is 13.0. The van der Waals surface area contributed by atoms with Crippen molar-refractivity contribution in [2.24, 2.45) is 5.92 Å². The van der Waals surface area contributed by atoms with Crippen LogP contribution in [0.3, 0.4) is 0 Å². The van der Waals surface area contributed by atoms with Crippen molar-refractivity contribution in [2.45, 2.75) is 57.7 Å². The van der Waals surface area contributed by atoms with E-state index in [-0.39, 0.29) is 35.9 Å². The molecule has 1 aromatic carbocycles. The number of nitrogens with one attached hydrogen (secondary N) is 2. The van der Waals surface area contributed by atoms with Gasteiger partial charge in [0.2, 0.25) is 0 Å². The van der Waals surface area contributed by atoms with Crippen molar-refractivity contribution < 1.29 is 14.0 Å². The Balaban J connectivity index is 1.57. The first kappa shape index (κ1) is 17.7. The molecule has 3 rings (SSSR count). The fraction of sp³-hybridized carbons (Fsp3) is 0.579. The van der Waals surface area contributed by atoms with Crippen LogP contribution in [-0.4, -0.2) is 41.5 Å². The third-order valence-corrected chi connectivity index (χ3v) is 5.07. The lowest BCUT2D eigenvalue weighted by Gasteiger charge is -2.39. The fourth-order valence-corrected chi connectivity index (χ4v) is 3.88. The first-order valence-electron chi connectivity index (χ1n) is 9.06. The van der Waals surface area contributed by atoms with Gasteiger partial charge in [-0.2, -0.15) is 0 Å². The van der Waals surface area contributed by atoms with Gasteiger partial charge in [0.1, 0.15) is 5.82 Å². The molecule has 1 unspecified atom stereocenters. The summed E-state index contributed by atoms with van der Waals surface area (Å²) in [6.45, 7) is 4.83. The van der Waals surface area contributed by atoms with E-state index in [1.165, 1.54) is 24.3 Å². The molecule has 2 saturated heterocycles. The molecule has 2 heterocycles. The average molecular weight is 347 g/mol. The van der Waals surface area contributed by atoms with Gasteiger partial charge in [-0.25, -0.2) is 9.18 Å². The Kier molecular flexibility index (Phi) is 5.25. The summed E-state index contributed by atoms with van der Waals surface area (Å²) in [5.74, 6) is -0.105. The number of fused-ring (bicyclic) bond motifs is 2. The first-order chi connectivity index (χ1) is 11.9. The van der Waals surface area contributed by atoms with Crippen LogP contribution in [-0.2, 0) is 0 Å². The molecule has 0 spiro atoms. The van der Waals surface area contributed by atoms with Crippen molar-refractivity contribution in [3.05, 3.63) is 35.6 Å². The summed E-state index contributed by atoms with van der Waals surface area (Å²) >= 11 is 0. The maximum Gasteiger partial charge on any atom is 0.317 e. The second-order valence-corrected chi connectivity index (χ2v) is 7.52. The Morgan fingerprint density at radius 2 is 1.76 bits per heavy atom. The third-order valence-electron chi connectivity index (χ3n) is 5.07. The highest BCUT2D eigenvalue weighted by atomic mass is 19.1. The molecule has 0 aromatic heterocycles. The van der Waals surface area contributed by atoms with Gasteiger partial charge in [-0.05, 0) is 55.9 Å². The van der Waals surface area contributed by atoms with Crippen LogP contribution in [0.25, 0.3) is 0 Å². The van der Waals surface area contributed by atoms with E-state index in [0.717, 1.165) is 25.7 Å². The molecule has 3 amide bonds. The van der Waals surface area contributed by atoms with Crippen LogP contribution in [0.4, 0.5) is 9.18 Å². The van der Waals surface area contributed by atoms with Crippen LogP contribution in [0.2, 0.25) is 0 Å². The summed E-state index contributed by atoms with van der Waals surface area (Å²) in [7, 11) is 0. The minimum Gasteiger partial charge on any atom is -0.349 e. The molecule has 3 atom stereocenters. The smallest absolute Gasteiger partial charge is 0.317 e. The number of amides is 3. The summed E-state index contributed by atoms with van der Waals surface area (Å²) in [4.78, 5) is 26.7. The van der Waals surface area contributed by atoms with Gasteiger partial charge in [0.05, 0.1) is 0 Å². The quantitative estimate of drug-likeness (QED) is 0.880. The molecule has 6 heteroatoms. The molecule has 136 valence electrons. The summed E-state index contributed by atoms with van der Waals surface area (Å²) in [5.41, 5.74) is 0.464. The molecule has 2 aliphatic heterocycles. The van der Waals surface area contributed by atoms with E-state index in [1.807, 2.05) is 4.90 Å². The van der Waals surface area contributed by atoms with Gasteiger partial charge >= 0.3 is 6.03 Å². The zero-order valence-electron chi connectivity index (χ0n) is 14.8. The van der Waals surface area contributed by atoms with Gasteiger partial charge in [0.25, 0.3) is 5.91 Å². The monoisotopic (exact) mass is 347 g/mol.